The fraction of sp³-hybridized carbons (Fsp3) is 0.364. The van der Waals surface area contributed by atoms with E-state index in [-0.39, 0.29) is 11.3 Å². The van der Waals surface area contributed by atoms with E-state index in [1.807, 2.05) is 42.5 Å². The van der Waals surface area contributed by atoms with E-state index in [1.165, 1.54) is 5.56 Å². The fourth-order valence-electron chi connectivity index (χ4n) is 5.62. The van der Waals surface area contributed by atoms with E-state index in [0.29, 0.717) is 72.3 Å². The normalized spacial score (nSPS) is 13.9. The number of methoxy groups -OCH3 is 6. The molecular weight excluding hydrogens is 598 g/mol. The third-order valence-corrected chi connectivity index (χ3v) is 8.05. The van der Waals surface area contributed by atoms with Gasteiger partial charge in [0, 0.05) is 13.1 Å². The number of anilines is 2. The van der Waals surface area contributed by atoms with Crippen LogP contribution in [-0.4, -0.2) is 70.7 Å². The van der Waals surface area contributed by atoms with Crippen LogP contribution in [0.15, 0.2) is 48.5 Å². The summed E-state index contributed by atoms with van der Waals surface area (Å²) in [4.78, 5) is 15.9. The van der Waals surface area contributed by atoms with Gasteiger partial charge in [0.1, 0.15) is 0 Å². The van der Waals surface area contributed by atoms with Gasteiger partial charge in [0.15, 0.2) is 34.5 Å². The Morgan fingerprint density at radius 1 is 0.711 bits per heavy atom. The van der Waals surface area contributed by atoms with Crippen LogP contribution in [-0.2, 0) is 19.3 Å². The highest BCUT2D eigenvalue weighted by molar-refractivity contribution is 6.28. The maximum absolute atomic E-state index is 6.48. The Morgan fingerprint density at radius 2 is 1.29 bits per heavy atom. The molecule has 45 heavy (non-hydrogen) atoms. The lowest BCUT2D eigenvalue weighted by atomic mass is 9.88. The van der Waals surface area contributed by atoms with E-state index in [9.17, 15) is 0 Å². The molecule has 0 saturated heterocycles. The molecule has 5 rings (SSSR count). The van der Waals surface area contributed by atoms with Gasteiger partial charge in [-0.2, -0.15) is 15.0 Å². The molecule has 1 aromatic heterocycles. The summed E-state index contributed by atoms with van der Waals surface area (Å²) in [6.45, 7) is 1.23. The number of ether oxygens (including phenoxy) is 6. The Kier molecular flexibility index (Phi) is 10.2. The summed E-state index contributed by atoms with van der Waals surface area (Å²) in [7, 11) is 9.78. The Balaban J connectivity index is 1.45. The molecule has 238 valence electrons. The summed E-state index contributed by atoms with van der Waals surface area (Å²) in [5.41, 5.74) is 4.39. The molecule has 0 amide bonds. The second-order valence-corrected chi connectivity index (χ2v) is 10.7. The molecule has 0 saturated carbocycles. The van der Waals surface area contributed by atoms with Gasteiger partial charge in [-0.1, -0.05) is 12.1 Å². The summed E-state index contributed by atoms with van der Waals surface area (Å²) in [5, 5.41) is 3.42. The topological polar surface area (TPSA) is 109 Å². The monoisotopic (exact) mass is 635 g/mol. The highest BCUT2D eigenvalue weighted by atomic mass is 35.5. The molecule has 1 unspecified atom stereocenters. The van der Waals surface area contributed by atoms with Crippen molar-refractivity contribution in [3.8, 4) is 34.5 Å². The zero-order valence-electron chi connectivity index (χ0n) is 26.3. The fourth-order valence-corrected chi connectivity index (χ4v) is 5.78. The van der Waals surface area contributed by atoms with Gasteiger partial charge < -0.3 is 38.6 Å². The minimum absolute atomic E-state index is 0.108. The van der Waals surface area contributed by atoms with Crippen LogP contribution in [0.4, 0.5) is 11.9 Å². The Labute approximate surface area is 268 Å². The van der Waals surface area contributed by atoms with Crippen molar-refractivity contribution in [3.63, 3.8) is 0 Å². The zero-order valence-corrected chi connectivity index (χ0v) is 27.1. The van der Waals surface area contributed by atoms with Gasteiger partial charge >= 0.3 is 0 Å². The average molecular weight is 636 g/mol. The van der Waals surface area contributed by atoms with Crippen molar-refractivity contribution in [3.05, 3.63) is 76.1 Å². The molecule has 0 aliphatic carbocycles. The van der Waals surface area contributed by atoms with Crippen molar-refractivity contribution < 1.29 is 28.4 Å². The minimum atomic E-state index is -0.148. The van der Waals surface area contributed by atoms with Gasteiger partial charge in [-0.15, -0.1) is 0 Å². The molecule has 1 N–H and O–H groups in total. The molecule has 12 heteroatoms. The highest BCUT2D eigenvalue weighted by Gasteiger charge is 2.32. The number of aromatic nitrogens is 3. The van der Waals surface area contributed by atoms with Crippen LogP contribution in [0.3, 0.4) is 0 Å². The van der Waals surface area contributed by atoms with Gasteiger partial charge in [-0.25, -0.2) is 0 Å². The van der Waals surface area contributed by atoms with E-state index in [1.54, 1.807) is 42.7 Å². The first-order valence-corrected chi connectivity index (χ1v) is 14.9. The van der Waals surface area contributed by atoms with Crippen molar-refractivity contribution in [1.82, 2.24) is 15.0 Å². The number of nitrogens with zero attached hydrogens (tertiary/aromatic N) is 4. The maximum atomic E-state index is 6.48. The lowest BCUT2D eigenvalue weighted by Crippen LogP contribution is -2.38. The lowest BCUT2D eigenvalue weighted by molar-refractivity contribution is 0.352. The Morgan fingerprint density at radius 3 is 1.93 bits per heavy atom. The predicted octanol–water partition coefficient (Wildman–Crippen LogP) is 5.58. The molecule has 11 nitrogen and oxygen atoms in total. The number of nitrogens with one attached hydrogen (secondary N) is 1. The summed E-state index contributed by atoms with van der Waals surface area (Å²) in [5.74, 6) is 4.92. The van der Waals surface area contributed by atoms with E-state index in [2.05, 4.69) is 26.3 Å². The molecule has 3 aromatic carbocycles. The molecule has 0 spiro atoms. The number of benzene rings is 3. The Bertz CT molecular complexity index is 1640. The van der Waals surface area contributed by atoms with Crippen molar-refractivity contribution in [2.24, 2.45) is 0 Å². The first-order valence-electron chi connectivity index (χ1n) is 14.5. The van der Waals surface area contributed by atoms with Crippen LogP contribution in [0, 0.1) is 0 Å². The van der Waals surface area contributed by atoms with Gasteiger partial charge in [0.25, 0.3) is 0 Å². The first-order chi connectivity index (χ1) is 21.9. The highest BCUT2D eigenvalue weighted by Crippen LogP contribution is 2.41. The van der Waals surface area contributed by atoms with Crippen LogP contribution in [0.1, 0.15) is 28.3 Å². The summed E-state index contributed by atoms with van der Waals surface area (Å²) in [6, 6.07) is 15.7. The molecule has 1 aliphatic rings. The van der Waals surface area contributed by atoms with Crippen molar-refractivity contribution >= 4 is 23.5 Å². The first kappa shape index (κ1) is 31.8. The average Bonchev–Trinajstić information content (AvgIpc) is 3.07. The van der Waals surface area contributed by atoms with Gasteiger partial charge in [-0.3, -0.25) is 0 Å². The van der Waals surface area contributed by atoms with E-state index < -0.39 is 0 Å². The maximum Gasteiger partial charge on any atom is 0.232 e. The molecule has 1 aliphatic heterocycles. The zero-order chi connectivity index (χ0) is 31.9. The van der Waals surface area contributed by atoms with Crippen LogP contribution in [0.2, 0.25) is 5.28 Å². The van der Waals surface area contributed by atoms with E-state index in [4.69, 9.17) is 45.0 Å². The smallest absolute Gasteiger partial charge is 0.232 e. The predicted molar refractivity (Wildman–Crippen MR) is 173 cm³/mol. The van der Waals surface area contributed by atoms with Crippen molar-refractivity contribution in [2.45, 2.75) is 25.3 Å². The second-order valence-electron chi connectivity index (χ2n) is 10.4. The molecule has 1 atom stereocenters. The molecule has 2 heterocycles. The van der Waals surface area contributed by atoms with Crippen LogP contribution in [0.5, 0.6) is 34.5 Å². The standard InChI is InChI=1S/C33H38ClN5O6/c1-40-25-9-7-20(16-27(25)42-3)11-13-35-32-36-31(34)37-33(38-32)39-14-12-22-18-29(44-5)30(45-6)19-23(22)24(39)15-21-8-10-26(41-2)28(17-21)43-4/h7-10,16-19,24H,11-15H2,1-6H3,(H,35,36,37,38). The number of halogens is 1. The number of rotatable bonds is 13. The number of hydrogen-bond donors (Lipinski definition) is 1. The van der Waals surface area contributed by atoms with Crippen LogP contribution < -0.4 is 38.6 Å². The lowest BCUT2D eigenvalue weighted by Gasteiger charge is -2.38. The number of fused-ring (bicyclic) bond motifs is 1. The van der Waals surface area contributed by atoms with E-state index >= 15 is 0 Å². The summed E-state index contributed by atoms with van der Waals surface area (Å²) < 4.78 is 33.1. The van der Waals surface area contributed by atoms with Gasteiger partial charge in [-0.05, 0) is 89.5 Å². The molecular formula is C33H38ClN5O6. The largest absolute Gasteiger partial charge is 0.493 e. The Hall–Kier alpha value is -4.64. The SMILES string of the molecule is COc1ccc(CCNc2nc(Cl)nc(N3CCc4cc(OC)c(OC)cc4C3Cc3ccc(OC)c(OC)c3)n2)cc1OC. The third kappa shape index (κ3) is 7.04. The molecule has 0 fully saturated rings. The van der Waals surface area contributed by atoms with E-state index in [0.717, 1.165) is 23.1 Å². The van der Waals surface area contributed by atoms with Crippen molar-refractivity contribution in [1.29, 1.82) is 0 Å². The van der Waals surface area contributed by atoms with Crippen LogP contribution in [0.25, 0.3) is 0 Å². The number of hydrogen-bond acceptors (Lipinski definition) is 11. The summed E-state index contributed by atoms with van der Waals surface area (Å²) in [6.07, 6.45) is 2.09. The second kappa shape index (κ2) is 14.4. The summed E-state index contributed by atoms with van der Waals surface area (Å²) >= 11 is 6.48. The third-order valence-electron chi connectivity index (χ3n) is 7.88. The van der Waals surface area contributed by atoms with Gasteiger partial charge in [0.2, 0.25) is 17.2 Å². The molecule has 4 aromatic rings. The quantitative estimate of drug-likeness (QED) is 0.199. The molecule has 0 bridgehead atoms. The van der Waals surface area contributed by atoms with Crippen molar-refractivity contribution in [2.75, 3.05) is 66.0 Å². The minimum Gasteiger partial charge on any atom is -0.493 e. The van der Waals surface area contributed by atoms with Crippen LogP contribution >= 0.6 is 11.6 Å². The van der Waals surface area contributed by atoms with Gasteiger partial charge in [0.05, 0.1) is 48.7 Å². The molecule has 0 radical (unpaired) electrons.